The number of allylic oxidation sites excluding steroid dienone is 2. The molecule has 0 fully saturated rings. The molecule has 2 atom stereocenters. The zero-order valence-electron chi connectivity index (χ0n) is 14.7. The molecule has 25 heavy (non-hydrogen) atoms. The van der Waals surface area contributed by atoms with Crippen LogP contribution in [0.5, 0.6) is 11.5 Å². The van der Waals surface area contributed by atoms with Gasteiger partial charge in [-0.3, -0.25) is 0 Å². The van der Waals surface area contributed by atoms with E-state index in [1.807, 2.05) is 19.9 Å². The molecule has 4 N–H and O–H groups in total. The van der Waals surface area contributed by atoms with Gasteiger partial charge in [0.1, 0.15) is 17.1 Å². The Labute approximate surface area is 147 Å². The summed E-state index contributed by atoms with van der Waals surface area (Å²) >= 11 is 0. The van der Waals surface area contributed by atoms with Crippen LogP contribution >= 0.6 is 0 Å². The van der Waals surface area contributed by atoms with Crippen molar-refractivity contribution in [3.8, 4) is 11.5 Å². The number of carbonyl (C=O) groups is 1. The molecule has 0 spiro atoms. The lowest BCUT2D eigenvalue weighted by molar-refractivity contribution is 0.0692. The van der Waals surface area contributed by atoms with Gasteiger partial charge < -0.3 is 20.4 Å². The highest BCUT2D eigenvalue weighted by atomic mass is 16.4. The van der Waals surface area contributed by atoms with E-state index in [0.717, 1.165) is 17.6 Å². The summed E-state index contributed by atoms with van der Waals surface area (Å²) in [6.07, 6.45) is 4.42. The molecule has 0 bridgehead atoms. The lowest BCUT2D eigenvalue weighted by Crippen LogP contribution is -2.19. The van der Waals surface area contributed by atoms with E-state index < -0.39 is 11.9 Å². The smallest absolute Gasteiger partial charge is 0.339 e. The van der Waals surface area contributed by atoms with Crippen LogP contribution in [0.4, 0.5) is 0 Å². The molecular weight excluding hydrogens is 320 g/mol. The van der Waals surface area contributed by atoms with Crippen molar-refractivity contribution in [2.45, 2.75) is 45.4 Å². The van der Waals surface area contributed by atoms with E-state index in [4.69, 9.17) is 0 Å². The topological polar surface area (TPSA) is 98.0 Å². The highest BCUT2D eigenvalue weighted by Crippen LogP contribution is 2.48. The fourth-order valence-electron chi connectivity index (χ4n) is 3.70. The Hall–Kier alpha value is -2.27. The first-order valence-electron chi connectivity index (χ1n) is 8.58. The third-order valence-electron chi connectivity index (χ3n) is 4.93. The Kier molecular flexibility index (Phi) is 5.90. The van der Waals surface area contributed by atoms with Crippen LogP contribution in [0.1, 0.15) is 60.5 Å². The lowest BCUT2D eigenvalue weighted by Gasteiger charge is -2.32. The zero-order valence-corrected chi connectivity index (χ0v) is 14.7. The Morgan fingerprint density at radius 1 is 1.36 bits per heavy atom. The molecule has 0 saturated carbocycles. The molecule has 2 rings (SSSR count). The van der Waals surface area contributed by atoms with Crippen LogP contribution < -0.4 is 0 Å². The Morgan fingerprint density at radius 3 is 2.56 bits per heavy atom. The van der Waals surface area contributed by atoms with Crippen LogP contribution in [0.2, 0.25) is 0 Å². The standard InChI is InChI=1S/C20H26O5/c1-4-5-13-9-16(22)18(19(23)17(13)20(24)25)15-8-12(10-21)6-7-14(15)11(2)3/h8-9,14-15,21-23H,2,4-7,10H2,1,3H3,(H,24,25)/t14-,15+/m0/s1. The fourth-order valence-corrected chi connectivity index (χ4v) is 3.70. The van der Waals surface area contributed by atoms with Crippen molar-refractivity contribution in [3.63, 3.8) is 0 Å². The Morgan fingerprint density at radius 2 is 2.04 bits per heavy atom. The Balaban J connectivity index is 2.69. The van der Waals surface area contributed by atoms with Crippen molar-refractivity contribution in [1.82, 2.24) is 0 Å². The second kappa shape index (κ2) is 7.74. The first-order valence-corrected chi connectivity index (χ1v) is 8.58. The van der Waals surface area contributed by atoms with E-state index in [0.29, 0.717) is 24.8 Å². The summed E-state index contributed by atoms with van der Waals surface area (Å²) in [4.78, 5) is 11.7. The largest absolute Gasteiger partial charge is 0.507 e. The zero-order chi connectivity index (χ0) is 18.7. The second-order valence-electron chi connectivity index (χ2n) is 6.75. The van der Waals surface area contributed by atoms with Crippen molar-refractivity contribution in [2.24, 2.45) is 5.92 Å². The highest BCUT2D eigenvalue weighted by Gasteiger charge is 2.33. The van der Waals surface area contributed by atoms with E-state index in [1.165, 1.54) is 6.07 Å². The number of aliphatic hydroxyl groups excluding tert-OH is 1. The number of aliphatic hydroxyl groups is 1. The number of carboxylic acids is 1. The van der Waals surface area contributed by atoms with Crippen molar-refractivity contribution >= 4 is 5.97 Å². The number of rotatable bonds is 6. The minimum absolute atomic E-state index is 0.0363. The third kappa shape index (κ3) is 3.71. The van der Waals surface area contributed by atoms with Gasteiger partial charge >= 0.3 is 5.97 Å². The Bertz CT molecular complexity index is 717. The van der Waals surface area contributed by atoms with E-state index in [1.54, 1.807) is 0 Å². The normalized spacial score (nSPS) is 20.2. The molecule has 0 saturated heterocycles. The fraction of sp³-hybridized carbons (Fsp3) is 0.450. The SMILES string of the molecule is C=C(C)[C@@H]1CCC(CO)=C[C@H]1c1c(O)cc(CCC)c(C(=O)O)c1O. The minimum Gasteiger partial charge on any atom is -0.507 e. The predicted molar refractivity (Wildman–Crippen MR) is 96.2 cm³/mol. The maximum absolute atomic E-state index is 11.7. The van der Waals surface area contributed by atoms with Crippen LogP contribution in [-0.4, -0.2) is 33.0 Å². The molecule has 0 aromatic heterocycles. The number of aromatic carboxylic acids is 1. The van der Waals surface area contributed by atoms with E-state index >= 15 is 0 Å². The van der Waals surface area contributed by atoms with Gasteiger partial charge in [-0.15, -0.1) is 0 Å². The van der Waals surface area contributed by atoms with Gasteiger partial charge in [0.15, 0.2) is 0 Å². The summed E-state index contributed by atoms with van der Waals surface area (Å²) in [6.45, 7) is 7.69. The number of benzene rings is 1. The molecule has 0 radical (unpaired) electrons. The molecule has 1 aromatic rings. The third-order valence-corrected chi connectivity index (χ3v) is 4.93. The highest BCUT2D eigenvalue weighted by molar-refractivity contribution is 5.94. The average molecular weight is 346 g/mol. The summed E-state index contributed by atoms with van der Waals surface area (Å²) in [7, 11) is 0. The number of phenolic OH excluding ortho intramolecular Hbond substituents is 1. The van der Waals surface area contributed by atoms with Gasteiger partial charge in [-0.25, -0.2) is 4.79 Å². The molecule has 0 aliphatic heterocycles. The molecule has 1 aromatic carbocycles. The molecule has 5 nitrogen and oxygen atoms in total. The summed E-state index contributed by atoms with van der Waals surface area (Å²) < 4.78 is 0. The van der Waals surface area contributed by atoms with Crippen molar-refractivity contribution in [3.05, 3.63) is 46.6 Å². The van der Waals surface area contributed by atoms with Crippen LogP contribution in [0.25, 0.3) is 0 Å². The number of hydrogen-bond acceptors (Lipinski definition) is 4. The molecule has 0 amide bonds. The first-order chi connectivity index (χ1) is 11.8. The maximum atomic E-state index is 11.7. The molecule has 136 valence electrons. The molecular formula is C20H26O5. The van der Waals surface area contributed by atoms with Gasteiger partial charge in [-0.05, 0) is 49.3 Å². The number of hydrogen-bond donors (Lipinski definition) is 4. The second-order valence-corrected chi connectivity index (χ2v) is 6.75. The molecule has 0 unspecified atom stereocenters. The van der Waals surface area contributed by atoms with Crippen molar-refractivity contribution in [1.29, 1.82) is 0 Å². The average Bonchev–Trinajstić information content (AvgIpc) is 2.54. The molecule has 5 heteroatoms. The monoisotopic (exact) mass is 346 g/mol. The minimum atomic E-state index is -1.21. The van der Waals surface area contributed by atoms with Crippen LogP contribution in [-0.2, 0) is 6.42 Å². The number of carboxylic acid groups (broad SMARTS) is 1. The van der Waals surface area contributed by atoms with E-state index in [9.17, 15) is 25.2 Å². The van der Waals surface area contributed by atoms with E-state index in [-0.39, 0.29) is 35.2 Å². The van der Waals surface area contributed by atoms with Crippen molar-refractivity contribution in [2.75, 3.05) is 6.61 Å². The number of aryl methyl sites for hydroxylation is 1. The molecule has 0 heterocycles. The van der Waals surface area contributed by atoms with Gasteiger partial charge in [0.25, 0.3) is 0 Å². The van der Waals surface area contributed by atoms with Crippen molar-refractivity contribution < 1.29 is 25.2 Å². The lowest BCUT2D eigenvalue weighted by atomic mass is 9.73. The van der Waals surface area contributed by atoms with Gasteiger partial charge in [0, 0.05) is 11.5 Å². The van der Waals surface area contributed by atoms with Gasteiger partial charge in [0.2, 0.25) is 0 Å². The summed E-state index contributed by atoms with van der Waals surface area (Å²) in [5, 5.41) is 40.2. The molecule has 1 aliphatic carbocycles. The summed E-state index contributed by atoms with van der Waals surface area (Å²) in [5.74, 6) is -2.16. The molecule has 1 aliphatic rings. The van der Waals surface area contributed by atoms with Crippen LogP contribution in [0.3, 0.4) is 0 Å². The van der Waals surface area contributed by atoms with Crippen LogP contribution in [0, 0.1) is 5.92 Å². The first kappa shape index (κ1) is 19.1. The quantitative estimate of drug-likeness (QED) is 0.588. The number of aromatic hydroxyl groups is 2. The number of phenols is 2. The maximum Gasteiger partial charge on any atom is 0.339 e. The van der Waals surface area contributed by atoms with Crippen LogP contribution in [0.15, 0.2) is 29.9 Å². The predicted octanol–water partition coefficient (Wildman–Crippen LogP) is 3.74. The van der Waals surface area contributed by atoms with Gasteiger partial charge in [-0.2, -0.15) is 0 Å². The summed E-state index contributed by atoms with van der Waals surface area (Å²) in [5.41, 5.74) is 2.18. The van der Waals surface area contributed by atoms with Gasteiger partial charge in [-0.1, -0.05) is 31.6 Å². The summed E-state index contributed by atoms with van der Waals surface area (Å²) in [6, 6.07) is 1.44. The van der Waals surface area contributed by atoms with E-state index in [2.05, 4.69) is 6.58 Å². The van der Waals surface area contributed by atoms with Gasteiger partial charge in [0.05, 0.1) is 6.61 Å².